The fourth-order valence-corrected chi connectivity index (χ4v) is 3.59. The van der Waals surface area contributed by atoms with Crippen LogP contribution >= 0.6 is 0 Å². The molecule has 0 bridgehead atoms. The summed E-state index contributed by atoms with van der Waals surface area (Å²) < 4.78 is 26.4. The zero-order valence-corrected chi connectivity index (χ0v) is 11.7. The molecule has 2 nitrogen and oxygen atoms in total. The Kier molecular flexibility index (Phi) is 4.32. The Labute approximate surface area is 119 Å². The van der Waals surface area contributed by atoms with Gasteiger partial charge in [0.15, 0.2) is 0 Å². The SMILES string of the molecule is Fc1cc(F)cc(CN2CCC(C3CCCN3)CC2)c1. The molecule has 2 saturated heterocycles. The van der Waals surface area contributed by atoms with Gasteiger partial charge in [-0.1, -0.05) is 0 Å². The first-order valence-corrected chi connectivity index (χ1v) is 7.61. The average Bonchev–Trinajstić information content (AvgIpc) is 2.92. The van der Waals surface area contributed by atoms with Crippen molar-refractivity contribution in [2.24, 2.45) is 5.92 Å². The van der Waals surface area contributed by atoms with E-state index >= 15 is 0 Å². The van der Waals surface area contributed by atoms with Gasteiger partial charge < -0.3 is 5.32 Å². The number of halogens is 2. The zero-order chi connectivity index (χ0) is 13.9. The first-order chi connectivity index (χ1) is 9.70. The van der Waals surface area contributed by atoms with E-state index in [1.165, 1.54) is 37.8 Å². The van der Waals surface area contributed by atoms with E-state index in [1.807, 2.05) is 0 Å². The van der Waals surface area contributed by atoms with Crippen LogP contribution in [0.25, 0.3) is 0 Å². The Bertz CT molecular complexity index is 430. The van der Waals surface area contributed by atoms with Gasteiger partial charge in [0, 0.05) is 18.7 Å². The van der Waals surface area contributed by atoms with Crippen molar-refractivity contribution in [1.82, 2.24) is 10.2 Å². The Balaban J connectivity index is 1.53. The van der Waals surface area contributed by atoms with Crippen LogP contribution in [0.5, 0.6) is 0 Å². The van der Waals surface area contributed by atoms with Gasteiger partial charge in [0.25, 0.3) is 0 Å². The lowest BCUT2D eigenvalue weighted by Gasteiger charge is -2.34. The van der Waals surface area contributed by atoms with E-state index in [0.717, 1.165) is 37.2 Å². The second kappa shape index (κ2) is 6.19. The van der Waals surface area contributed by atoms with Gasteiger partial charge in [0.1, 0.15) is 11.6 Å². The summed E-state index contributed by atoms with van der Waals surface area (Å²) in [6.07, 6.45) is 4.98. The molecule has 4 heteroatoms. The van der Waals surface area contributed by atoms with Crippen molar-refractivity contribution < 1.29 is 8.78 Å². The Morgan fingerprint density at radius 1 is 1.05 bits per heavy atom. The van der Waals surface area contributed by atoms with Gasteiger partial charge >= 0.3 is 0 Å². The highest BCUT2D eigenvalue weighted by Gasteiger charge is 2.28. The van der Waals surface area contributed by atoms with Gasteiger partial charge in [-0.3, -0.25) is 4.90 Å². The number of likely N-dealkylation sites (tertiary alicyclic amines) is 1. The minimum Gasteiger partial charge on any atom is -0.314 e. The maximum atomic E-state index is 13.2. The summed E-state index contributed by atoms with van der Waals surface area (Å²) in [6.45, 7) is 3.87. The van der Waals surface area contributed by atoms with Crippen LogP contribution in [-0.2, 0) is 6.54 Å². The Morgan fingerprint density at radius 3 is 2.35 bits per heavy atom. The van der Waals surface area contributed by atoms with Gasteiger partial charge in [-0.25, -0.2) is 8.78 Å². The summed E-state index contributed by atoms with van der Waals surface area (Å²) in [7, 11) is 0. The number of hydrogen-bond donors (Lipinski definition) is 1. The molecule has 0 radical (unpaired) electrons. The van der Waals surface area contributed by atoms with E-state index in [0.29, 0.717) is 12.6 Å². The van der Waals surface area contributed by atoms with E-state index in [9.17, 15) is 8.78 Å². The first-order valence-electron chi connectivity index (χ1n) is 7.61. The van der Waals surface area contributed by atoms with Crippen molar-refractivity contribution in [3.05, 3.63) is 35.4 Å². The molecule has 1 aromatic carbocycles. The maximum Gasteiger partial charge on any atom is 0.126 e. The highest BCUT2D eigenvalue weighted by molar-refractivity contribution is 5.17. The second-order valence-corrected chi connectivity index (χ2v) is 6.09. The highest BCUT2D eigenvalue weighted by atomic mass is 19.1. The van der Waals surface area contributed by atoms with Crippen LogP contribution < -0.4 is 5.32 Å². The molecule has 2 heterocycles. The molecule has 1 aromatic rings. The molecule has 20 heavy (non-hydrogen) atoms. The zero-order valence-electron chi connectivity index (χ0n) is 11.7. The molecule has 2 aliphatic rings. The van der Waals surface area contributed by atoms with Crippen LogP contribution in [0.1, 0.15) is 31.2 Å². The minimum absolute atomic E-state index is 0.481. The third-order valence-corrected chi connectivity index (χ3v) is 4.63. The van der Waals surface area contributed by atoms with Gasteiger partial charge in [-0.2, -0.15) is 0 Å². The predicted octanol–water partition coefficient (Wildman–Crippen LogP) is 2.93. The lowest BCUT2D eigenvalue weighted by Crippen LogP contribution is -2.40. The van der Waals surface area contributed by atoms with Crippen molar-refractivity contribution in [1.29, 1.82) is 0 Å². The monoisotopic (exact) mass is 280 g/mol. The fourth-order valence-electron chi connectivity index (χ4n) is 3.59. The summed E-state index contributed by atoms with van der Waals surface area (Å²) >= 11 is 0. The normalized spacial score (nSPS) is 25.2. The fraction of sp³-hybridized carbons (Fsp3) is 0.625. The standard InChI is InChI=1S/C16H22F2N2/c17-14-8-12(9-15(18)10-14)11-20-6-3-13(4-7-20)16-2-1-5-19-16/h8-10,13,16,19H,1-7,11H2. The largest absolute Gasteiger partial charge is 0.314 e. The number of nitrogens with one attached hydrogen (secondary N) is 1. The molecule has 1 atom stereocenters. The average molecular weight is 280 g/mol. The molecule has 3 rings (SSSR count). The molecule has 0 aromatic heterocycles. The number of benzene rings is 1. The Morgan fingerprint density at radius 2 is 1.75 bits per heavy atom. The van der Waals surface area contributed by atoms with Crippen molar-refractivity contribution in [2.75, 3.05) is 19.6 Å². The van der Waals surface area contributed by atoms with Crippen molar-refractivity contribution in [3.8, 4) is 0 Å². The van der Waals surface area contributed by atoms with Gasteiger partial charge in [0.2, 0.25) is 0 Å². The second-order valence-electron chi connectivity index (χ2n) is 6.09. The molecule has 2 fully saturated rings. The summed E-state index contributed by atoms with van der Waals surface area (Å²) in [5, 5.41) is 3.59. The summed E-state index contributed by atoms with van der Waals surface area (Å²) in [5.41, 5.74) is 0.736. The van der Waals surface area contributed by atoms with Gasteiger partial charge in [-0.05, 0) is 68.9 Å². The molecular weight excluding hydrogens is 258 g/mol. The third kappa shape index (κ3) is 3.36. The molecule has 0 spiro atoms. The number of hydrogen-bond acceptors (Lipinski definition) is 2. The molecule has 0 aliphatic carbocycles. The van der Waals surface area contributed by atoms with Crippen molar-refractivity contribution >= 4 is 0 Å². The van der Waals surface area contributed by atoms with E-state index in [1.54, 1.807) is 0 Å². The third-order valence-electron chi connectivity index (χ3n) is 4.63. The van der Waals surface area contributed by atoms with Crippen LogP contribution in [0.3, 0.4) is 0 Å². The summed E-state index contributed by atoms with van der Waals surface area (Å²) in [6, 6.07) is 4.51. The lowest BCUT2D eigenvalue weighted by molar-refractivity contribution is 0.157. The van der Waals surface area contributed by atoms with E-state index in [-0.39, 0.29) is 0 Å². The van der Waals surface area contributed by atoms with Crippen LogP contribution in [0.15, 0.2) is 18.2 Å². The molecule has 110 valence electrons. The lowest BCUT2D eigenvalue weighted by atomic mass is 9.88. The van der Waals surface area contributed by atoms with Gasteiger partial charge in [-0.15, -0.1) is 0 Å². The predicted molar refractivity (Wildman–Crippen MR) is 75.4 cm³/mol. The number of nitrogens with zero attached hydrogens (tertiary/aromatic N) is 1. The van der Waals surface area contributed by atoms with Crippen LogP contribution in [0.4, 0.5) is 8.78 Å². The summed E-state index contributed by atoms with van der Waals surface area (Å²) in [4.78, 5) is 2.31. The van der Waals surface area contributed by atoms with Gasteiger partial charge in [0.05, 0.1) is 0 Å². The minimum atomic E-state index is -0.481. The highest BCUT2D eigenvalue weighted by Crippen LogP contribution is 2.26. The molecule has 0 saturated carbocycles. The van der Waals surface area contributed by atoms with E-state index in [2.05, 4.69) is 10.2 Å². The van der Waals surface area contributed by atoms with Crippen molar-refractivity contribution in [2.45, 2.75) is 38.3 Å². The van der Waals surface area contributed by atoms with Crippen LogP contribution in [-0.4, -0.2) is 30.6 Å². The maximum absolute atomic E-state index is 13.2. The topological polar surface area (TPSA) is 15.3 Å². The quantitative estimate of drug-likeness (QED) is 0.916. The molecule has 0 amide bonds. The molecule has 1 unspecified atom stereocenters. The summed E-state index contributed by atoms with van der Waals surface area (Å²) in [5.74, 6) is -0.187. The van der Waals surface area contributed by atoms with E-state index in [4.69, 9.17) is 0 Å². The number of rotatable bonds is 3. The molecular formula is C16H22F2N2. The molecule has 2 aliphatic heterocycles. The number of piperidine rings is 1. The first kappa shape index (κ1) is 14.0. The van der Waals surface area contributed by atoms with E-state index < -0.39 is 11.6 Å². The molecule has 1 N–H and O–H groups in total. The van der Waals surface area contributed by atoms with Crippen LogP contribution in [0.2, 0.25) is 0 Å². The van der Waals surface area contributed by atoms with Crippen LogP contribution in [0, 0.1) is 17.6 Å². The Hall–Kier alpha value is -1.00. The van der Waals surface area contributed by atoms with Crippen molar-refractivity contribution in [3.63, 3.8) is 0 Å². The smallest absolute Gasteiger partial charge is 0.126 e.